The van der Waals surface area contributed by atoms with Gasteiger partial charge in [-0.25, -0.2) is 9.37 Å². The lowest BCUT2D eigenvalue weighted by Crippen LogP contribution is -2.46. The summed E-state index contributed by atoms with van der Waals surface area (Å²) in [5.41, 5.74) is 0.959. The molecule has 4 rings (SSSR count). The molecule has 1 aliphatic heterocycles. The zero-order chi connectivity index (χ0) is 16.7. The van der Waals surface area contributed by atoms with Crippen LogP contribution in [-0.2, 0) is 0 Å². The highest BCUT2D eigenvalue weighted by Crippen LogP contribution is 2.39. The molecule has 1 aliphatic rings. The second-order valence-electron chi connectivity index (χ2n) is 6.04. The molecule has 0 amide bonds. The first-order valence-electron chi connectivity index (χ1n) is 7.83. The molecule has 1 aromatic carbocycles. The average Bonchev–Trinajstić information content (AvgIpc) is 3.15. The Bertz CT molecular complexity index is 838. The molecule has 0 spiro atoms. The number of benzene rings is 1. The molecule has 0 aliphatic carbocycles. The number of nitrogens with zero attached hydrogens (tertiary/aromatic N) is 5. The standard InChI is InChI=1S/C16H18FN5OS/c1-20-6-8-21(9-7-20)13(11-2-4-12(17)5-3-11)14-15(23)22-16(24-14)18-10-19-22/h2-5,10,13,23H,6-9H2,1H3/t13-/m1/s1. The molecule has 2 aromatic heterocycles. The number of rotatable bonds is 3. The zero-order valence-electron chi connectivity index (χ0n) is 13.3. The second-order valence-corrected chi connectivity index (χ2v) is 7.05. The number of hydrogen-bond donors (Lipinski definition) is 1. The number of piperazine rings is 1. The van der Waals surface area contributed by atoms with Gasteiger partial charge in [0.1, 0.15) is 12.1 Å². The monoisotopic (exact) mass is 347 g/mol. The lowest BCUT2D eigenvalue weighted by molar-refractivity contribution is 0.127. The third kappa shape index (κ3) is 2.66. The van der Waals surface area contributed by atoms with Crippen molar-refractivity contribution in [2.45, 2.75) is 6.04 Å². The van der Waals surface area contributed by atoms with Crippen LogP contribution < -0.4 is 0 Å². The van der Waals surface area contributed by atoms with Crippen LogP contribution in [0.25, 0.3) is 4.96 Å². The third-order valence-electron chi connectivity index (χ3n) is 4.48. The molecule has 3 heterocycles. The summed E-state index contributed by atoms with van der Waals surface area (Å²) in [5, 5.41) is 14.7. The minimum absolute atomic E-state index is 0.112. The van der Waals surface area contributed by atoms with E-state index >= 15 is 0 Å². The molecule has 0 radical (unpaired) electrons. The van der Waals surface area contributed by atoms with E-state index < -0.39 is 0 Å². The first-order chi connectivity index (χ1) is 11.6. The predicted molar refractivity (Wildman–Crippen MR) is 89.8 cm³/mol. The van der Waals surface area contributed by atoms with E-state index in [0.717, 1.165) is 36.6 Å². The Balaban J connectivity index is 1.78. The van der Waals surface area contributed by atoms with E-state index in [-0.39, 0.29) is 17.7 Å². The number of thiazole rings is 1. The fourth-order valence-corrected chi connectivity index (χ4v) is 4.22. The fraction of sp³-hybridized carbons (Fsp3) is 0.375. The van der Waals surface area contributed by atoms with Crippen molar-refractivity contribution in [2.75, 3.05) is 33.2 Å². The molecule has 1 saturated heterocycles. The third-order valence-corrected chi connectivity index (χ3v) is 5.56. The van der Waals surface area contributed by atoms with E-state index in [0.29, 0.717) is 4.96 Å². The number of fused-ring (bicyclic) bond motifs is 1. The molecule has 0 saturated carbocycles. The minimum Gasteiger partial charge on any atom is -0.492 e. The van der Waals surface area contributed by atoms with Crippen molar-refractivity contribution in [3.05, 3.63) is 46.9 Å². The Morgan fingerprint density at radius 2 is 1.88 bits per heavy atom. The topological polar surface area (TPSA) is 56.9 Å². The van der Waals surface area contributed by atoms with Crippen LogP contribution in [0.3, 0.4) is 0 Å². The lowest BCUT2D eigenvalue weighted by Gasteiger charge is -2.37. The van der Waals surface area contributed by atoms with E-state index in [9.17, 15) is 9.50 Å². The van der Waals surface area contributed by atoms with Crippen molar-refractivity contribution in [3.8, 4) is 5.88 Å². The summed E-state index contributed by atoms with van der Waals surface area (Å²) in [4.78, 5) is 10.2. The van der Waals surface area contributed by atoms with Crippen molar-refractivity contribution in [2.24, 2.45) is 0 Å². The molecule has 1 atom stereocenters. The number of likely N-dealkylation sites (N-methyl/N-ethyl adjacent to an activating group) is 1. The highest BCUT2D eigenvalue weighted by atomic mass is 32.1. The number of aromatic nitrogens is 3. The van der Waals surface area contributed by atoms with Gasteiger partial charge in [0.2, 0.25) is 10.8 Å². The van der Waals surface area contributed by atoms with E-state index in [1.165, 1.54) is 34.3 Å². The Hall–Kier alpha value is -2.03. The summed E-state index contributed by atoms with van der Waals surface area (Å²) in [6.45, 7) is 3.68. The van der Waals surface area contributed by atoms with E-state index in [2.05, 4.69) is 26.9 Å². The van der Waals surface area contributed by atoms with Gasteiger partial charge in [0.15, 0.2) is 0 Å². The SMILES string of the molecule is CN1CCN([C@H](c2ccc(F)cc2)c2sc3ncnn3c2O)CC1. The summed E-state index contributed by atoms with van der Waals surface area (Å²) in [7, 11) is 2.10. The van der Waals surface area contributed by atoms with Crippen LogP contribution in [0.15, 0.2) is 30.6 Å². The fourth-order valence-electron chi connectivity index (χ4n) is 3.13. The van der Waals surface area contributed by atoms with Crippen molar-refractivity contribution in [1.29, 1.82) is 0 Å². The summed E-state index contributed by atoms with van der Waals surface area (Å²) < 4.78 is 14.8. The maximum absolute atomic E-state index is 13.4. The maximum Gasteiger partial charge on any atom is 0.230 e. The first kappa shape index (κ1) is 15.5. The van der Waals surface area contributed by atoms with Gasteiger partial charge in [-0.3, -0.25) is 4.90 Å². The molecule has 24 heavy (non-hydrogen) atoms. The van der Waals surface area contributed by atoms with Gasteiger partial charge in [0.25, 0.3) is 0 Å². The molecule has 126 valence electrons. The smallest absolute Gasteiger partial charge is 0.230 e. The average molecular weight is 347 g/mol. The van der Waals surface area contributed by atoms with Gasteiger partial charge in [-0.1, -0.05) is 23.5 Å². The summed E-state index contributed by atoms with van der Waals surface area (Å²) in [6, 6.07) is 6.37. The van der Waals surface area contributed by atoms with Gasteiger partial charge in [-0.2, -0.15) is 9.61 Å². The summed E-state index contributed by atoms with van der Waals surface area (Å²) in [6.07, 6.45) is 1.43. The lowest BCUT2D eigenvalue weighted by atomic mass is 10.0. The maximum atomic E-state index is 13.4. The van der Waals surface area contributed by atoms with Crippen LogP contribution in [-0.4, -0.2) is 62.7 Å². The van der Waals surface area contributed by atoms with Gasteiger partial charge in [0.05, 0.1) is 10.9 Å². The number of aromatic hydroxyl groups is 1. The largest absolute Gasteiger partial charge is 0.492 e. The van der Waals surface area contributed by atoms with Crippen LogP contribution in [0, 0.1) is 5.82 Å². The van der Waals surface area contributed by atoms with Gasteiger partial charge in [-0.15, -0.1) is 0 Å². The molecule has 1 N–H and O–H groups in total. The Labute approximate surface area is 142 Å². The molecule has 1 fully saturated rings. The molecular weight excluding hydrogens is 329 g/mol. The van der Waals surface area contributed by atoms with Crippen LogP contribution >= 0.6 is 11.3 Å². The van der Waals surface area contributed by atoms with E-state index in [4.69, 9.17) is 0 Å². The Morgan fingerprint density at radius 1 is 1.17 bits per heavy atom. The van der Waals surface area contributed by atoms with Crippen LogP contribution in [0.5, 0.6) is 5.88 Å². The summed E-state index contributed by atoms with van der Waals surface area (Å²) >= 11 is 1.42. The molecule has 3 aromatic rings. The first-order valence-corrected chi connectivity index (χ1v) is 8.64. The van der Waals surface area contributed by atoms with Crippen molar-refractivity contribution in [1.82, 2.24) is 24.4 Å². The Kier molecular flexibility index (Phi) is 3.95. The Morgan fingerprint density at radius 3 is 2.54 bits per heavy atom. The number of hydrogen-bond acceptors (Lipinski definition) is 6. The predicted octanol–water partition coefficient (Wildman–Crippen LogP) is 1.97. The van der Waals surface area contributed by atoms with Crippen molar-refractivity contribution >= 4 is 16.3 Å². The molecule has 8 heteroatoms. The minimum atomic E-state index is -0.261. The molecule has 6 nitrogen and oxygen atoms in total. The second kappa shape index (κ2) is 6.12. The highest BCUT2D eigenvalue weighted by molar-refractivity contribution is 7.17. The normalized spacial score (nSPS) is 18.2. The summed E-state index contributed by atoms with van der Waals surface area (Å²) in [5.74, 6) is -0.150. The van der Waals surface area contributed by atoms with Crippen molar-refractivity contribution < 1.29 is 9.50 Å². The quantitative estimate of drug-likeness (QED) is 0.785. The number of halogens is 1. The van der Waals surface area contributed by atoms with Gasteiger partial charge in [0, 0.05) is 26.2 Å². The molecular formula is C16H18FN5OS. The van der Waals surface area contributed by atoms with Crippen LogP contribution in [0.1, 0.15) is 16.5 Å². The van der Waals surface area contributed by atoms with Crippen LogP contribution in [0.2, 0.25) is 0 Å². The van der Waals surface area contributed by atoms with Gasteiger partial charge in [-0.05, 0) is 24.7 Å². The van der Waals surface area contributed by atoms with Gasteiger partial charge < -0.3 is 10.0 Å². The van der Waals surface area contributed by atoms with E-state index in [1.807, 2.05) is 0 Å². The van der Waals surface area contributed by atoms with Crippen LogP contribution in [0.4, 0.5) is 4.39 Å². The van der Waals surface area contributed by atoms with E-state index in [1.54, 1.807) is 12.1 Å². The molecule has 0 unspecified atom stereocenters. The highest BCUT2D eigenvalue weighted by Gasteiger charge is 2.30. The zero-order valence-corrected chi connectivity index (χ0v) is 14.1. The molecule has 0 bridgehead atoms. The van der Waals surface area contributed by atoms with Crippen molar-refractivity contribution in [3.63, 3.8) is 0 Å². The van der Waals surface area contributed by atoms with Gasteiger partial charge >= 0.3 is 0 Å².